The Morgan fingerprint density at radius 1 is 0.373 bits per heavy atom. The molecule has 0 saturated carbocycles. The van der Waals surface area contributed by atoms with Crippen molar-refractivity contribution in [1.82, 2.24) is 9.13 Å². The van der Waals surface area contributed by atoms with Gasteiger partial charge >= 0.3 is 0 Å². The van der Waals surface area contributed by atoms with Crippen molar-refractivity contribution in [2.45, 2.75) is 0 Å². The fraction of sp³-hybridized carbons (Fsp3) is 0. The zero-order chi connectivity index (χ0) is 49.5. The Hall–Kier alpha value is -9.34. The van der Waals surface area contributed by atoms with Gasteiger partial charge in [-0.3, -0.25) is 0 Å². The van der Waals surface area contributed by atoms with Crippen LogP contribution in [0, 0.1) is 17.9 Å². The maximum atomic E-state index is 12.5. The van der Waals surface area contributed by atoms with Gasteiger partial charge in [0, 0.05) is 79.1 Å². The predicted octanol–water partition coefficient (Wildman–Crippen LogP) is 20.4. The number of aromatic nitrogens is 2. The molecular formula is C68H36N4S3. The number of nitriles is 1. The number of thiophene rings is 3. The van der Waals surface area contributed by atoms with Crippen LogP contribution < -0.4 is 0 Å². The van der Waals surface area contributed by atoms with E-state index < -0.39 is 0 Å². The monoisotopic (exact) mass is 1000 g/mol. The summed E-state index contributed by atoms with van der Waals surface area (Å²) in [5.41, 5.74) is 11.8. The lowest BCUT2D eigenvalue weighted by molar-refractivity contribution is 1.15. The van der Waals surface area contributed by atoms with Crippen molar-refractivity contribution in [3.8, 4) is 50.8 Å². The van der Waals surface area contributed by atoms with Crippen LogP contribution in [-0.2, 0) is 0 Å². The quantitative estimate of drug-likeness (QED) is 0.158. The molecule has 5 aromatic heterocycles. The van der Waals surface area contributed by atoms with Crippen LogP contribution in [0.4, 0.5) is 5.69 Å². The van der Waals surface area contributed by atoms with Crippen molar-refractivity contribution in [2.75, 3.05) is 0 Å². The van der Waals surface area contributed by atoms with Crippen LogP contribution in [0.5, 0.6) is 0 Å². The fourth-order valence-electron chi connectivity index (χ4n) is 12.3. The highest BCUT2D eigenvalue weighted by molar-refractivity contribution is 7.27. The summed E-state index contributed by atoms with van der Waals surface area (Å²) >= 11 is 5.39. The van der Waals surface area contributed by atoms with E-state index >= 15 is 0 Å². The number of nitrogens with zero attached hydrogens (tertiary/aromatic N) is 4. The molecule has 7 heteroatoms. The Labute approximate surface area is 441 Å². The van der Waals surface area contributed by atoms with Gasteiger partial charge in [0.1, 0.15) is 6.07 Å². The molecule has 0 fully saturated rings. The lowest BCUT2D eigenvalue weighted by Gasteiger charge is -2.26. The van der Waals surface area contributed by atoms with Gasteiger partial charge in [-0.25, -0.2) is 4.85 Å². The molecule has 0 N–H and O–H groups in total. The van der Waals surface area contributed by atoms with Gasteiger partial charge in [0.2, 0.25) is 5.69 Å². The summed E-state index contributed by atoms with van der Waals surface area (Å²) in [7, 11) is 0. The number of hydrogen-bond acceptors (Lipinski definition) is 4. The highest BCUT2D eigenvalue weighted by atomic mass is 32.1. The van der Waals surface area contributed by atoms with E-state index in [1.165, 1.54) is 41.0 Å². The number of hydrogen-bond donors (Lipinski definition) is 0. The van der Waals surface area contributed by atoms with Gasteiger partial charge in [-0.05, 0) is 46.5 Å². The Morgan fingerprint density at radius 2 is 0.800 bits per heavy atom. The van der Waals surface area contributed by atoms with Crippen LogP contribution in [0.25, 0.3) is 154 Å². The standard InChI is InChI=1S/C68H36N4S3/c1-70-60-58(41-22-9-4-10-23-41)65(72-62-46(32-34-48-43-24-11-14-29-54(43)73-66(48)62)47-33-35-49-44-25-12-15-30-55(44)74-67(49)63(47)72)57(40-20-7-3-8-21-40)52(38-69)61(60)71-53-28-17-27-42(39-18-5-2-6-19-39)59(53)51-37-36-50-45-26-13-16-31-56(45)75-68(50)64(51)71/h2-37H. The highest BCUT2D eigenvalue weighted by Gasteiger charge is 2.34. The van der Waals surface area contributed by atoms with E-state index in [-0.39, 0.29) is 0 Å². The Bertz CT molecular complexity index is 4990. The molecule has 0 amide bonds. The van der Waals surface area contributed by atoms with E-state index in [9.17, 15) is 11.8 Å². The zero-order valence-corrected chi connectivity index (χ0v) is 42.2. The molecule has 0 bridgehead atoms. The largest absolute Gasteiger partial charge is 0.316 e. The summed E-state index contributed by atoms with van der Waals surface area (Å²) in [6.07, 6.45) is 0. The molecule has 0 unspecified atom stereocenters. The summed E-state index contributed by atoms with van der Waals surface area (Å²) in [6.45, 7) is 9.72. The molecule has 0 aliphatic heterocycles. The second kappa shape index (κ2) is 16.1. The molecule has 0 spiro atoms. The molecule has 346 valence electrons. The fourth-order valence-corrected chi connectivity index (χ4v) is 16.0. The molecular weight excluding hydrogens is 969 g/mol. The SMILES string of the molecule is [C-]#[N+]c1c(-c2ccccc2)c(-n2c3c(ccc4c5ccccc5sc43)c3ccc4c5ccccc5sc4c32)c(-c2ccccc2)c(C#N)c1-n1c2cccc(-c3ccccc3)c2c2ccc3c4ccccc4sc3c21. The third-order valence-corrected chi connectivity index (χ3v) is 19.0. The van der Waals surface area contributed by atoms with Crippen molar-refractivity contribution < 1.29 is 0 Å². The van der Waals surface area contributed by atoms with Crippen molar-refractivity contribution in [3.05, 3.63) is 235 Å². The molecule has 0 aliphatic carbocycles. The average Bonchev–Trinajstić information content (AvgIpc) is 4.36. The summed E-state index contributed by atoms with van der Waals surface area (Å²) < 4.78 is 11.8. The Kier molecular flexibility index (Phi) is 9.05. The normalized spacial score (nSPS) is 12.0. The molecule has 0 atom stereocenters. The van der Waals surface area contributed by atoms with Gasteiger partial charge in [0.05, 0.1) is 59.7 Å². The average molecular weight is 1010 g/mol. The summed E-state index contributed by atoms with van der Waals surface area (Å²) in [5.74, 6) is 0. The zero-order valence-electron chi connectivity index (χ0n) is 39.8. The maximum absolute atomic E-state index is 12.5. The highest BCUT2D eigenvalue weighted by Crippen LogP contribution is 2.56. The van der Waals surface area contributed by atoms with Crippen LogP contribution in [0.3, 0.4) is 0 Å². The Balaban J connectivity index is 1.19. The van der Waals surface area contributed by atoms with Crippen LogP contribution in [-0.4, -0.2) is 9.13 Å². The van der Waals surface area contributed by atoms with Gasteiger partial charge < -0.3 is 9.13 Å². The first-order valence-electron chi connectivity index (χ1n) is 24.9. The van der Waals surface area contributed by atoms with Crippen LogP contribution in [0.15, 0.2) is 218 Å². The molecule has 5 heterocycles. The molecule has 75 heavy (non-hydrogen) atoms. The molecule has 16 aromatic rings. The second-order valence-electron chi connectivity index (χ2n) is 19.2. The first-order valence-corrected chi connectivity index (χ1v) is 27.4. The minimum absolute atomic E-state index is 0.413. The van der Waals surface area contributed by atoms with Gasteiger partial charge in [-0.1, -0.05) is 194 Å². The predicted molar refractivity (Wildman–Crippen MR) is 321 cm³/mol. The topological polar surface area (TPSA) is 38.0 Å². The van der Waals surface area contributed by atoms with E-state index in [2.05, 4.69) is 221 Å². The number of fused-ring (bicyclic) bond motifs is 18. The number of benzene rings is 11. The van der Waals surface area contributed by atoms with Gasteiger partial charge in [0.15, 0.2) is 0 Å². The Morgan fingerprint density at radius 3 is 1.29 bits per heavy atom. The van der Waals surface area contributed by atoms with E-state index in [1.807, 2.05) is 34.8 Å². The minimum Gasteiger partial charge on any atom is -0.316 e. The van der Waals surface area contributed by atoms with Gasteiger partial charge in [-0.2, -0.15) is 5.26 Å². The third-order valence-electron chi connectivity index (χ3n) is 15.4. The van der Waals surface area contributed by atoms with Crippen molar-refractivity contribution >= 4 is 144 Å². The van der Waals surface area contributed by atoms with E-state index in [4.69, 9.17) is 4.85 Å². The lowest BCUT2D eigenvalue weighted by Crippen LogP contribution is -2.08. The van der Waals surface area contributed by atoms with Crippen molar-refractivity contribution in [1.29, 1.82) is 5.26 Å². The van der Waals surface area contributed by atoms with Crippen molar-refractivity contribution in [2.24, 2.45) is 0 Å². The van der Waals surface area contributed by atoms with E-state index in [0.29, 0.717) is 16.9 Å². The summed E-state index contributed by atoms with van der Waals surface area (Å²) in [4.78, 5) is 4.76. The second-order valence-corrected chi connectivity index (χ2v) is 22.3. The molecule has 4 nitrogen and oxygen atoms in total. The first kappa shape index (κ1) is 42.2. The van der Waals surface area contributed by atoms with Crippen LogP contribution in [0.1, 0.15) is 5.56 Å². The summed E-state index contributed by atoms with van der Waals surface area (Å²) in [5, 5.41) is 23.9. The minimum atomic E-state index is 0.413. The molecule has 0 aliphatic rings. The molecule has 16 rings (SSSR count). The summed E-state index contributed by atoms with van der Waals surface area (Å²) in [6, 6.07) is 80.6. The first-order chi connectivity index (χ1) is 37.2. The van der Waals surface area contributed by atoms with E-state index in [1.54, 1.807) is 11.3 Å². The molecule has 0 radical (unpaired) electrons. The molecule has 0 saturated heterocycles. The van der Waals surface area contributed by atoms with Crippen LogP contribution in [0.2, 0.25) is 0 Å². The van der Waals surface area contributed by atoms with Crippen molar-refractivity contribution in [3.63, 3.8) is 0 Å². The third kappa shape index (κ3) is 5.83. The lowest BCUT2D eigenvalue weighted by atomic mass is 9.88. The van der Waals surface area contributed by atoms with E-state index in [0.717, 1.165) is 102 Å². The van der Waals surface area contributed by atoms with Gasteiger partial charge in [0.25, 0.3) is 0 Å². The smallest absolute Gasteiger partial charge is 0.221 e. The maximum Gasteiger partial charge on any atom is 0.221 e. The van der Waals surface area contributed by atoms with Gasteiger partial charge in [-0.15, -0.1) is 34.0 Å². The van der Waals surface area contributed by atoms with Crippen LogP contribution >= 0.6 is 34.0 Å². The number of rotatable bonds is 5. The molecule has 11 aromatic carbocycles.